The van der Waals surface area contributed by atoms with Crippen molar-refractivity contribution < 1.29 is 56.9 Å². The van der Waals surface area contributed by atoms with Gasteiger partial charge >= 0.3 is 5.97 Å². The van der Waals surface area contributed by atoms with Crippen molar-refractivity contribution in [3.05, 3.63) is 35.9 Å². The van der Waals surface area contributed by atoms with Crippen molar-refractivity contribution in [2.75, 3.05) is 143 Å². The molecule has 0 radical (unpaired) electrons. The van der Waals surface area contributed by atoms with E-state index >= 15 is 0 Å². The molecule has 0 aliphatic carbocycles. The summed E-state index contributed by atoms with van der Waals surface area (Å²) >= 11 is 2.42. The maximum absolute atomic E-state index is 11.8. The van der Waals surface area contributed by atoms with Gasteiger partial charge in [-0.25, -0.2) is 4.79 Å². The van der Waals surface area contributed by atoms with Gasteiger partial charge in [0.1, 0.15) is 6.61 Å². The molecule has 13 heteroatoms. The van der Waals surface area contributed by atoms with Crippen LogP contribution in [0.25, 0.3) is 0 Å². The van der Waals surface area contributed by atoms with Crippen LogP contribution in [0.15, 0.2) is 30.3 Å². The van der Waals surface area contributed by atoms with E-state index in [1.807, 2.05) is 6.07 Å². The van der Waals surface area contributed by atoms with Gasteiger partial charge < -0.3 is 52.1 Å². The number of carbonyl (C=O) groups excluding carboxylic acids is 1. The first-order valence-corrected chi connectivity index (χ1v) is 17.9. The Morgan fingerprint density at radius 2 is 0.696 bits per heavy atom. The average Bonchev–Trinajstić information content (AvgIpc) is 3.08. The highest BCUT2D eigenvalue weighted by atomic mass is 127. The van der Waals surface area contributed by atoms with Gasteiger partial charge in [0.25, 0.3) is 0 Å². The van der Waals surface area contributed by atoms with E-state index in [1.54, 1.807) is 24.3 Å². The molecule has 0 fully saturated rings. The number of benzene rings is 1. The zero-order valence-corrected chi connectivity index (χ0v) is 29.7. The lowest BCUT2D eigenvalue weighted by Crippen LogP contribution is -2.15. The Morgan fingerprint density at radius 3 is 1.04 bits per heavy atom. The molecule has 268 valence electrons. The molecule has 0 aromatic heterocycles. The van der Waals surface area contributed by atoms with Gasteiger partial charge in [-0.15, -0.1) is 0 Å². The average molecular weight is 773 g/mol. The second-order valence-corrected chi connectivity index (χ2v) is 10.8. The molecule has 0 unspecified atom stereocenters. The fourth-order valence-corrected chi connectivity index (χ4v) is 4.12. The zero-order valence-electron chi connectivity index (χ0n) is 27.5. The van der Waals surface area contributed by atoms with E-state index < -0.39 is 0 Å². The lowest BCUT2D eigenvalue weighted by atomic mass is 10.2. The second-order valence-electron chi connectivity index (χ2n) is 9.73. The van der Waals surface area contributed by atoms with Crippen LogP contribution in [0.1, 0.15) is 36.0 Å². The monoisotopic (exact) mass is 772 g/mol. The molecule has 0 heterocycles. The van der Waals surface area contributed by atoms with Gasteiger partial charge in [-0.3, -0.25) is 0 Å². The largest absolute Gasteiger partial charge is 0.460 e. The van der Waals surface area contributed by atoms with Crippen LogP contribution in [0.4, 0.5) is 0 Å². The van der Waals surface area contributed by atoms with E-state index in [1.165, 1.54) is 23.7 Å². The number of unbranched alkanes of at least 4 members (excludes halogenated alkanes) is 3. The van der Waals surface area contributed by atoms with Crippen LogP contribution in [0.5, 0.6) is 0 Å². The van der Waals surface area contributed by atoms with E-state index in [0.29, 0.717) is 131 Å². The summed E-state index contributed by atoms with van der Waals surface area (Å²) in [5, 5.41) is 0. The molecule has 0 saturated heterocycles. The van der Waals surface area contributed by atoms with Crippen LogP contribution >= 0.6 is 22.6 Å². The molecule has 0 bridgehead atoms. The molecule has 0 amide bonds. The highest BCUT2D eigenvalue weighted by Crippen LogP contribution is 2.02. The quantitative estimate of drug-likeness (QED) is 0.0421. The number of carbonyl (C=O) groups is 1. The molecular weight excluding hydrogens is 715 g/mol. The molecule has 0 saturated carbocycles. The molecule has 12 nitrogen and oxygen atoms in total. The normalized spacial score (nSPS) is 11.3. The predicted octanol–water partition coefficient (Wildman–Crippen LogP) is 4.00. The summed E-state index contributed by atoms with van der Waals surface area (Å²) in [6.07, 6.45) is 4.97. The van der Waals surface area contributed by atoms with Crippen LogP contribution in [0, 0.1) is 0 Å². The molecule has 46 heavy (non-hydrogen) atoms. The Kier molecular flexibility index (Phi) is 34.5. The van der Waals surface area contributed by atoms with Gasteiger partial charge in [0.2, 0.25) is 0 Å². The number of rotatable bonds is 37. The third-order valence-corrected chi connectivity index (χ3v) is 6.75. The van der Waals surface area contributed by atoms with Gasteiger partial charge in [-0.1, -0.05) is 53.6 Å². The van der Waals surface area contributed by atoms with Gasteiger partial charge in [-0.2, -0.15) is 0 Å². The van der Waals surface area contributed by atoms with Crippen molar-refractivity contribution in [1.29, 1.82) is 0 Å². The summed E-state index contributed by atoms with van der Waals surface area (Å²) in [6.45, 7) is 10.6. The summed E-state index contributed by atoms with van der Waals surface area (Å²) in [6, 6.07) is 8.86. The summed E-state index contributed by atoms with van der Waals surface area (Å²) in [4.78, 5) is 11.8. The smallest absolute Gasteiger partial charge is 0.338 e. The first-order valence-electron chi connectivity index (χ1n) is 16.4. The van der Waals surface area contributed by atoms with E-state index in [9.17, 15) is 4.79 Å². The Bertz CT molecular complexity index is 747. The fraction of sp³-hybridized carbons (Fsp3) is 0.788. The first kappa shape index (κ1) is 43.0. The Labute approximate surface area is 289 Å². The highest BCUT2D eigenvalue weighted by molar-refractivity contribution is 14.1. The van der Waals surface area contributed by atoms with Crippen molar-refractivity contribution in [3.8, 4) is 0 Å². The minimum atomic E-state index is -0.354. The molecule has 0 N–H and O–H groups in total. The van der Waals surface area contributed by atoms with Gasteiger partial charge in [-0.05, 0) is 29.4 Å². The number of esters is 1. The summed E-state index contributed by atoms with van der Waals surface area (Å²) in [5.41, 5.74) is 0.528. The maximum Gasteiger partial charge on any atom is 0.338 e. The molecule has 1 aromatic carbocycles. The number of hydrogen-bond donors (Lipinski definition) is 0. The van der Waals surface area contributed by atoms with Gasteiger partial charge in [0, 0.05) is 6.61 Å². The maximum atomic E-state index is 11.8. The molecule has 1 aromatic rings. The van der Waals surface area contributed by atoms with Crippen LogP contribution in [-0.4, -0.2) is 149 Å². The fourth-order valence-electron chi connectivity index (χ4n) is 3.58. The highest BCUT2D eigenvalue weighted by Gasteiger charge is 2.05. The minimum Gasteiger partial charge on any atom is -0.460 e. The van der Waals surface area contributed by atoms with Crippen LogP contribution in [-0.2, 0) is 52.1 Å². The third kappa shape index (κ3) is 31.6. The molecule has 0 atom stereocenters. The number of halogens is 1. The van der Waals surface area contributed by atoms with E-state index in [0.717, 1.165) is 13.0 Å². The summed E-state index contributed by atoms with van der Waals surface area (Å²) in [7, 11) is 0. The van der Waals surface area contributed by atoms with Crippen molar-refractivity contribution in [2.24, 2.45) is 0 Å². The minimum absolute atomic E-state index is 0.204. The van der Waals surface area contributed by atoms with E-state index in [-0.39, 0.29) is 12.6 Å². The molecule has 0 aliphatic rings. The van der Waals surface area contributed by atoms with Crippen LogP contribution in [0.3, 0.4) is 0 Å². The predicted molar refractivity (Wildman–Crippen MR) is 182 cm³/mol. The molecule has 0 aliphatic heterocycles. The van der Waals surface area contributed by atoms with Crippen molar-refractivity contribution in [3.63, 3.8) is 0 Å². The topological polar surface area (TPSA) is 119 Å². The molecule has 1 rings (SSSR count). The van der Waals surface area contributed by atoms with Gasteiger partial charge in [0.05, 0.1) is 131 Å². The number of ether oxygens (including phenoxy) is 11. The van der Waals surface area contributed by atoms with Crippen LogP contribution in [0.2, 0.25) is 0 Å². The first-order chi connectivity index (χ1) is 22.8. The summed E-state index contributed by atoms with van der Waals surface area (Å²) in [5.74, 6) is -0.354. The standard InChI is InChI=1S/C33H57IO12/c34-10-6-1-2-7-11-36-12-13-37-14-15-38-16-17-39-18-19-40-20-21-41-22-23-42-24-25-43-26-27-44-28-29-45-30-31-46-33(35)32-8-4-3-5-9-32/h3-5,8-9H,1-2,6-7,10-31H2. The lowest BCUT2D eigenvalue weighted by Gasteiger charge is -2.09. The van der Waals surface area contributed by atoms with E-state index in [2.05, 4.69) is 22.6 Å². The lowest BCUT2D eigenvalue weighted by molar-refractivity contribution is -0.0271. The number of hydrogen-bond acceptors (Lipinski definition) is 12. The summed E-state index contributed by atoms with van der Waals surface area (Å²) < 4.78 is 61.1. The van der Waals surface area contributed by atoms with Crippen molar-refractivity contribution in [1.82, 2.24) is 0 Å². The zero-order chi connectivity index (χ0) is 32.9. The second kappa shape index (κ2) is 36.8. The van der Waals surface area contributed by atoms with Crippen molar-refractivity contribution >= 4 is 28.6 Å². The Balaban J connectivity index is 1.63. The van der Waals surface area contributed by atoms with Gasteiger partial charge in [0.15, 0.2) is 0 Å². The third-order valence-electron chi connectivity index (χ3n) is 5.99. The molecule has 0 spiro atoms. The number of alkyl halides is 1. The van der Waals surface area contributed by atoms with Crippen molar-refractivity contribution in [2.45, 2.75) is 25.7 Å². The Hall–Kier alpha value is -0.980. The Morgan fingerprint density at radius 1 is 0.391 bits per heavy atom. The van der Waals surface area contributed by atoms with Crippen LogP contribution < -0.4 is 0 Å². The SMILES string of the molecule is O=C(OCCOCCOCCOCCOCCOCCOCCOCCOCCOCCOCCCCCCI)c1ccccc1. The van der Waals surface area contributed by atoms with E-state index in [4.69, 9.17) is 52.1 Å². The molecular formula is C33H57IO12.